The summed E-state index contributed by atoms with van der Waals surface area (Å²) in [6.07, 6.45) is 0.715. The molecule has 102 valence electrons. The summed E-state index contributed by atoms with van der Waals surface area (Å²) < 4.78 is 19.5. The van der Waals surface area contributed by atoms with Crippen molar-refractivity contribution >= 4 is 11.9 Å². The minimum atomic E-state index is -2.02. The molecule has 1 amide bonds. The van der Waals surface area contributed by atoms with Gasteiger partial charge >= 0.3 is 6.09 Å². The van der Waals surface area contributed by atoms with Crippen LogP contribution < -0.4 is 0 Å². The Balaban J connectivity index is 2.73. The summed E-state index contributed by atoms with van der Waals surface area (Å²) >= 11 is 0. The molecule has 4 nitrogen and oxygen atoms in total. The second kappa shape index (κ2) is 5.08. The highest BCUT2D eigenvalue weighted by Gasteiger charge is 2.44. The van der Waals surface area contributed by atoms with Crippen molar-refractivity contribution in [2.45, 2.75) is 44.9 Å². The monoisotopic (exact) mass is 257 g/mol. The molecule has 0 N–H and O–H groups in total. The van der Waals surface area contributed by atoms with Gasteiger partial charge in [-0.2, -0.15) is 0 Å². The SMILES string of the molecule is C=CC[C@]1(F)CN(C(=O)OC(C)(C)C)CCC1=O. The number of nitrogens with zero attached hydrogens (tertiary/aromatic N) is 1. The van der Waals surface area contributed by atoms with E-state index in [1.54, 1.807) is 20.8 Å². The van der Waals surface area contributed by atoms with Crippen LogP contribution in [0.15, 0.2) is 12.7 Å². The number of likely N-dealkylation sites (tertiary alicyclic amines) is 1. The fourth-order valence-corrected chi connectivity index (χ4v) is 1.82. The van der Waals surface area contributed by atoms with E-state index in [1.165, 1.54) is 11.0 Å². The zero-order valence-corrected chi connectivity index (χ0v) is 11.2. The first-order valence-electron chi connectivity index (χ1n) is 5.99. The van der Waals surface area contributed by atoms with Crippen molar-refractivity contribution in [3.05, 3.63) is 12.7 Å². The number of rotatable bonds is 2. The number of allylic oxidation sites excluding steroid dienone is 1. The predicted molar refractivity (Wildman–Crippen MR) is 66.1 cm³/mol. The standard InChI is InChI=1S/C13H20FNO3/c1-5-7-13(14)9-15(8-6-10(13)16)11(17)18-12(2,3)4/h5H,1,6-9H2,2-4H3/t13-/m0/s1. The minimum absolute atomic E-state index is 0.0174. The number of carbonyl (C=O) groups is 2. The zero-order valence-electron chi connectivity index (χ0n) is 11.2. The molecule has 0 radical (unpaired) electrons. The summed E-state index contributed by atoms with van der Waals surface area (Å²) in [6.45, 7) is 8.61. The Morgan fingerprint density at radius 3 is 2.72 bits per heavy atom. The Bertz CT molecular complexity index is 362. The van der Waals surface area contributed by atoms with Crippen LogP contribution in [0.1, 0.15) is 33.6 Å². The summed E-state index contributed by atoms with van der Waals surface area (Å²) in [5.74, 6) is -0.470. The van der Waals surface area contributed by atoms with Gasteiger partial charge in [0.25, 0.3) is 0 Å². The van der Waals surface area contributed by atoms with Gasteiger partial charge in [-0.05, 0) is 20.8 Å². The van der Waals surface area contributed by atoms with Crippen molar-refractivity contribution in [2.75, 3.05) is 13.1 Å². The highest BCUT2D eigenvalue weighted by Crippen LogP contribution is 2.27. The molecule has 1 heterocycles. The number of hydrogen-bond acceptors (Lipinski definition) is 3. The summed E-state index contributed by atoms with van der Waals surface area (Å²) in [7, 11) is 0. The Kier molecular flexibility index (Phi) is 4.14. The van der Waals surface area contributed by atoms with Crippen LogP contribution in [0.3, 0.4) is 0 Å². The number of ketones is 1. The van der Waals surface area contributed by atoms with E-state index in [0.717, 1.165) is 0 Å². The summed E-state index contributed by atoms with van der Waals surface area (Å²) in [5.41, 5.74) is -2.65. The van der Waals surface area contributed by atoms with Gasteiger partial charge in [0.2, 0.25) is 0 Å². The number of ether oxygens (including phenoxy) is 1. The van der Waals surface area contributed by atoms with Crippen molar-refractivity contribution in [1.29, 1.82) is 0 Å². The number of piperidine rings is 1. The lowest BCUT2D eigenvalue weighted by atomic mass is 9.90. The molecule has 1 aliphatic heterocycles. The van der Waals surface area contributed by atoms with Crippen LogP contribution in [0.4, 0.5) is 9.18 Å². The maximum absolute atomic E-state index is 14.3. The molecule has 0 aromatic rings. The van der Waals surface area contributed by atoms with Crippen LogP contribution in [-0.4, -0.2) is 41.1 Å². The minimum Gasteiger partial charge on any atom is -0.444 e. The molecular weight excluding hydrogens is 237 g/mol. The first kappa shape index (κ1) is 14.7. The van der Waals surface area contributed by atoms with Gasteiger partial charge in [0.15, 0.2) is 11.5 Å². The van der Waals surface area contributed by atoms with Crippen molar-refractivity contribution in [3.63, 3.8) is 0 Å². The highest BCUT2D eigenvalue weighted by atomic mass is 19.1. The Labute approximate surface area is 107 Å². The molecule has 0 aliphatic carbocycles. The normalized spacial score (nSPS) is 24.9. The van der Waals surface area contributed by atoms with E-state index in [0.29, 0.717) is 0 Å². The number of carbonyl (C=O) groups excluding carboxylic acids is 2. The van der Waals surface area contributed by atoms with Crippen LogP contribution in [0, 0.1) is 0 Å². The van der Waals surface area contributed by atoms with Crippen LogP contribution in [0.5, 0.6) is 0 Å². The summed E-state index contributed by atoms with van der Waals surface area (Å²) in [4.78, 5) is 24.6. The van der Waals surface area contributed by atoms with Crippen molar-refractivity contribution < 1.29 is 18.7 Å². The average Bonchev–Trinajstić information content (AvgIpc) is 2.20. The molecule has 1 saturated heterocycles. The lowest BCUT2D eigenvalue weighted by molar-refractivity contribution is -0.135. The molecule has 0 unspecified atom stereocenters. The van der Waals surface area contributed by atoms with Gasteiger partial charge in [0.1, 0.15) is 5.60 Å². The van der Waals surface area contributed by atoms with Gasteiger partial charge in [0, 0.05) is 19.4 Å². The third-order valence-electron chi connectivity index (χ3n) is 2.67. The average molecular weight is 257 g/mol. The van der Waals surface area contributed by atoms with E-state index in [4.69, 9.17) is 4.74 Å². The smallest absolute Gasteiger partial charge is 0.410 e. The molecule has 0 saturated carbocycles. The summed E-state index contributed by atoms with van der Waals surface area (Å²) in [5, 5.41) is 0. The number of halogens is 1. The molecule has 1 rings (SSSR count). The maximum atomic E-state index is 14.3. The molecule has 5 heteroatoms. The van der Waals surface area contributed by atoms with E-state index in [-0.39, 0.29) is 25.9 Å². The molecule has 0 bridgehead atoms. The molecule has 0 spiro atoms. The third kappa shape index (κ3) is 3.55. The van der Waals surface area contributed by atoms with Gasteiger partial charge in [-0.1, -0.05) is 6.08 Å². The van der Waals surface area contributed by atoms with Crippen LogP contribution >= 0.6 is 0 Å². The fraction of sp³-hybridized carbons (Fsp3) is 0.692. The second-order valence-electron chi connectivity index (χ2n) is 5.53. The van der Waals surface area contributed by atoms with Crippen LogP contribution in [-0.2, 0) is 9.53 Å². The quantitative estimate of drug-likeness (QED) is 0.714. The molecule has 1 atom stereocenters. The number of amides is 1. The molecule has 18 heavy (non-hydrogen) atoms. The zero-order chi connectivity index (χ0) is 14.0. The van der Waals surface area contributed by atoms with E-state index >= 15 is 0 Å². The lowest BCUT2D eigenvalue weighted by Crippen LogP contribution is -2.54. The Hall–Kier alpha value is -1.39. The first-order valence-corrected chi connectivity index (χ1v) is 5.99. The maximum Gasteiger partial charge on any atom is 0.410 e. The largest absolute Gasteiger partial charge is 0.444 e. The number of alkyl halides is 1. The lowest BCUT2D eigenvalue weighted by Gasteiger charge is -2.36. The number of Topliss-reactive ketones (excluding diaryl/α,β-unsaturated/α-hetero) is 1. The summed E-state index contributed by atoms with van der Waals surface area (Å²) in [6, 6.07) is 0. The Morgan fingerprint density at radius 1 is 1.61 bits per heavy atom. The van der Waals surface area contributed by atoms with Crippen molar-refractivity contribution in [2.24, 2.45) is 0 Å². The van der Waals surface area contributed by atoms with Gasteiger partial charge < -0.3 is 9.64 Å². The highest BCUT2D eigenvalue weighted by molar-refractivity contribution is 5.90. The first-order chi connectivity index (χ1) is 8.18. The fourth-order valence-electron chi connectivity index (χ4n) is 1.82. The van der Waals surface area contributed by atoms with Crippen LogP contribution in [0.2, 0.25) is 0 Å². The van der Waals surface area contributed by atoms with Gasteiger partial charge in [-0.15, -0.1) is 6.58 Å². The van der Waals surface area contributed by atoms with E-state index in [9.17, 15) is 14.0 Å². The van der Waals surface area contributed by atoms with E-state index < -0.39 is 23.1 Å². The van der Waals surface area contributed by atoms with Crippen molar-refractivity contribution in [3.8, 4) is 0 Å². The molecular formula is C13H20FNO3. The number of hydrogen-bond donors (Lipinski definition) is 0. The van der Waals surface area contributed by atoms with E-state index in [2.05, 4.69) is 6.58 Å². The van der Waals surface area contributed by atoms with Gasteiger partial charge in [-0.25, -0.2) is 9.18 Å². The predicted octanol–water partition coefficient (Wildman–Crippen LogP) is 2.48. The second-order valence-corrected chi connectivity index (χ2v) is 5.53. The Morgan fingerprint density at radius 2 is 2.22 bits per heavy atom. The molecule has 1 fully saturated rings. The molecule has 0 aromatic carbocycles. The van der Waals surface area contributed by atoms with Gasteiger partial charge in [0.05, 0.1) is 6.54 Å². The van der Waals surface area contributed by atoms with Crippen LogP contribution in [0.25, 0.3) is 0 Å². The van der Waals surface area contributed by atoms with Gasteiger partial charge in [-0.3, -0.25) is 4.79 Å². The van der Waals surface area contributed by atoms with Crippen molar-refractivity contribution in [1.82, 2.24) is 4.90 Å². The molecule has 0 aromatic heterocycles. The molecule has 1 aliphatic rings. The van der Waals surface area contributed by atoms with E-state index in [1.807, 2.05) is 0 Å². The topological polar surface area (TPSA) is 46.6 Å². The third-order valence-corrected chi connectivity index (χ3v) is 2.67.